The van der Waals surface area contributed by atoms with Gasteiger partial charge in [-0.1, -0.05) is 17.7 Å². The lowest BCUT2D eigenvalue weighted by atomic mass is 10.0. The molecule has 3 nitrogen and oxygen atoms in total. The molecule has 0 unspecified atom stereocenters. The number of alkyl halides is 3. The number of nitrogens with one attached hydrogen (secondary N) is 1. The molecule has 0 spiro atoms. The Morgan fingerprint density at radius 2 is 2.00 bits per heavy atom. The van der Waals surface area contributed by atoms with Crippen molar-refractivity contribution in [1.82, 2.24) is 0 Å². The van der Waals surface area contributed by atoms with Crippen LogP contribution in [0.25, 0.3) is 0 Å². The number of carbonyl (C=O) groups is 1. The Labute approximate surface area is 113 Å². The average molecular weight is 296 g/mol. The number of hydrogen-bond donors (Lipinski definition) is 2. The van der Waals surface area contributed by atoms with Crippen molar-refractivity contribution in [3.8, 4) is 0 Å². The van der Waals surface area contributed by atoms with Gasteiger partial charge in [0.1, 0.15) is 0 Å². The fourth-order valence-corrected chi connectivity index (χ4v) is 1.47. The summed E-state index contributed by atoms with van der Waals surface area (Å²) in [6, 6.07) is 4.57. The predicted molar refractivity (Wildman–Crippen MR) is 66.1 cm³/mol. The zero-order chi connectivity index (χ0) is 14.8. The average Bonchev–Trinajstić information content (AvgIpc) is 2.21. The van der Waals surface area contributed by atoms with E-state index < -0.39 is 24.1 Å². The Morgan fingerprint density at radius 1 is 1.42 bits per heavy atom. The number of halogens is 4. The highest BCUT2D eigenvalue weighted by Gasteiger charge is 2.50. The molecule has 1 amide bonds. The summed E-state index contributed by atoms with van der Waals surface area (Å²) in [5.74, 6) is -0.942. The largest absolute Gasteiger partial charge is 0.417 e. The molecule has 2 N–H and O–H groups in total. The minimum Gasteiger partial charge on any atom is -0.380 e. The van der Waals surface area contributed by atoms with Gasteiger partial charge in [-0.25, -0.2) is 0 Å². The minimum absolute atomic E-state index is 0.276. The van der Waals surface area contributed by atoms with Crippen LogP contribution >= 0.6 is 11.6 Å². The van der Waals surface area contributed by atoms with Crippen molar-refractivity contribution in [2.75, 3.05) is 5.32 Å². The molecular weight excluding hydrogens is 283 g/mol. The summed E-state index contributed by atoms with van der Waals surface area (Å²) in [6.45, 7) is 2.30. The number of carbonyl (C=O) groups excluding carboxylic acids is 1. The summed E-state index contributed by atoms with van der Waals surface area (Å²) in [5.41, 5.74) is -2.01. The van der Waals surface area contributed by atoms with E-state index in [0.717, 1.165) is 5.56 Å². The Hall–Kier alpha value is -1.27. The van der Waals surface area contributed by atoms with Crippen LogP contribution in [0.15, 0.2) is 18.2 Å². The number of benzene rings is 1. The second-order valence-electron chi connectivity index (χ2n) is 4.46. The maximum Gasteiger partial charge on any atom is 0.417 e. The highest BCUT2D eigenvalue weighted by Crippen LogP contribution is 2.32. The van der Waals surface area contributed by atoms with E-state index in [1.807, 2.05) is 0 Å². The van der Waals surface area contributed by atoms with Gasteiger partial charge in [0.05, 0.1) is 6.42 Å². The van der Waals surface area contributed by atoms with Crippen molar-refractivity contribution >= 4 is 23.2 Å². The first-order valence-corrected chi connectivity index (χ1v) is 5.76. The van der Waals surface area contributed by atoms with E-state index in [1.54, 1.807) is 13.0 Å². The number of amides is 1. The topological polar surface area (TPSA) is 49.3 Å². The monoisotopic (exact) mass is 295 g/mol. The van der Waals surface area contributed by atoms with Gasteiger partial charge in [-0.15, -0.1) is 0 Å². The van der Waals surface area contributed by atoms with Crippen molar-refractivity contribution in [3.63, 3.8) is 0 Å². The van der Waals surface area contributed by atoms with Crippen LogP contribution in [0.4, 0.5) is 18.9 Å². The fraction of sp³-hybridized carbons (Fsp3) is 0.417. The second kappa shape index (κ2) is 5.38. The maximum atomic E-state index is 12.4. The van der Waals surface area contributed by atoms with Crippen molar-refractivity contribution in [3.05, 3.63) is 28.8 Å². The molecule has 106 valence electrons. The molecule has 0 aliphatic heterocycles. The van der Waals surface area contributed by atoms with Gasteiger partial charge in [0.15, 0.2) is 5.60 Å². The molecule has 1 aromatic rings. The van der Waals surface area contributed by atoms with E-state index in [0.29, 0.717) is 11.9 Å². The van der Waals surface area contributed by atoms with Crippen LogP contribution < -0.4 is 5.32 Å². The number of anilines is 1. The molecule has 0 radical (unpaired) electrons. The highest BCUT2D eigenvalue weighted by molar-refractivity contribution is 6.31. The van der Waals surface area contributed by atoms with E-state index in [1.165, 1.54) is 12.1 Å². The number of aryl methyl sites for hydroxylation is 1. The first-order chi connectivity index (χ1) is 8.53. The van der Waals surface area contributed by atoms with Crippen molar-refractivity contribution in [2.45, 2.75) is 32.0 Å². The van der Waals surface area contributed by atoms with Crippen molar-refractivity contribution in [1.29, 1.82) is 0 Å². The van der Waals surface area contributed by atoms with Gasteiger partial charge >= 0.3 is 6.18 Å². The normalized spacial score (nSPS) is 14.9. The molecule has 0 heterocycles. The summed E-state index contributed by atoms with van der Waals surface area (Å²) >= 11 is 5.82. The lowest BCUT2D eigenvalue weighted by Gasteiger charge is -2.25. The lowest BCUT2D eigenvalue weighted by Crippen LogP contribution is -2.44. The van der Waals surface area contributed by atoms with E-state index in [4.69, 9.17) is 11.6 Å². The van der Waals surface area contributed by atoms with Gasteiger partial charge in [-0.3, -0.25) is 4.79 Å². The molecule has 0 bridgehead atoms. The number of aliphatic hydroxyl groups is 1. The Bertz CT molecular complexity index is 486. The summed E-state index contributed by atoms with van der Waals surface area (Å²) in [5, 5.41) is 11.8. The first-order valence-electron chi connectivity index (χ1n) is 5.38. The Kier molecular flexibility index (Phi) is 4.47. The summed E-state index contributed by atoms with van der Waals surface area (Å²) in [7, 11) is 0. The van der Waals surface area contributed by atoms with Gasteiger partial charge in [0, 0.05) is 10.7 Å². The zero-order valence-electron chi connectivity index (χ0n) is 10.3. The SMILES string of the molecule is Cc1ccc(NC(=O)C[C@@](C)(O)C(F)(F)F)cc1Cl. The zero-order valence-corrected chi connectivity index (χ0v) is 11.1. The van der Waals surface area contributed by atoms with Crippen LogP contribution in [0.3, 0.4) is 0 Å². The molecule has 0 aliphatic rings. The van der Waals surface area contributed by atoms with Gasteiger partial charge in [0.2, 0.25) is 5.91 Å². The molecule has 0 aromatic heterocycles. The smallest absolute Gasteiger partial charge is 0.380 e. The molecule has 0 saturated heterocycles. The van der Waals surface area contributed by atoms with Gasteiger partial charge in [-0.2, -0.15) is 13.2 Å². The number of hydrogen-bond acceptors (Lipinski definition) is 2. The molecule has 0 aliphatic carbocycles. The predicted octanol–water partition coefficient (Wildman–Crippen LogP) is 3.29. The second-order valence-corrected chi connectivity index (χ2v) is 4.87. The van der Waals surface area contributed by atoms with E-state index in [9.17, 15) is 23.1 Å². The molecule has 19 heavy (non-hydrogen) atoms. The van der Waals surface area contributed by atoms with Gasteiger partial charge < -0.3 is 10.4 Å². The van der Waals surface area contributed by atoms with E-state index in [2.05, 4.69) is 5.32 Å². The quantitative estimate of drug-likeness (QED) is 0.899. The summed E-state index contributed by atoms with van der Waals surface area (Å²) < 4.78 is 37.2. The third-order valence-electron chi connectivity index (χ3n) is 2.57. The lowest BCUT2D eigenvalue weighted by molar-refractivity contribution is -0.252. The summed E-state index contributed by atoms with van der Waals surface area (Å²) in [4.78, 5) is 11.5. The third kappa shape index (κ3) is 4.11. The summed E-state index contributed by atoms with van der Waals surface area (Å²) in [6.07, 6.45) is -5.95. The minimum atomic E-state index is -4.87. The molecule has 1 aromatic carbocycles. The van der Waals surface area contributed by atoms with Gasteiger partial charge in [-0.05, 0) is 31.5 Å². The molecule has 1 rings (SSSR count). The maximum absolute atomic E-state index is 12.4. The fourth-order valence-electron chi connectivity index (χ4n) is 1.29. The van der Waals surface area contributed by atoms with Crippen LogP contribution in [0.2, 0.25) is 5.02 Å². The Balaban J connectivity index is 2.73. The molecule has 0 saturated carbocycles. The van der Waals surface area contributed by atoms with Crippen LogP contribution in [0, 0.1) is 6.92 Å². The van der Waals surface area contributed by atoms with Crippen molar-refractivity contribution in [2.24, 2.45) is 0 Å². The van der Waals surface area contributed by atoms with Crippen LogP contribution in [-0.2, 0) is 4.79 Å². The number of rotatable bonds is 3. The third-order valence-corrected chi connectivity index (χ3v) is 2.98. The molecule has 1 atom stereocenters. The first kappa shape index (κ1) is 15.8. The van der Waals surface area contributed by atoms with Crippen LogP contribution in [0.1, 0.15) is 18.9 Å². The van der Waals surface area contributed by atoms with Crippen molar-refractivity contribution < 1.29 is 23.1 Å². The highest BCUT2D eigenvalue weighted by atomic mass is 35.5. The molecular formula is C12H13ClF3NO2. The van der Waals surface area contributed by atoms with Crippen LogP contribution in [-0.4, -0.2) is 22.8 Å². The van der Waals surface area contributed by atoms with E-state index in [-0.39, 0.29) is 5.69 Å². The van der Waals surface area contributed by atoms with Crippen LogP contribution in [0.5, 0.6) is 0 Å². The van der Waals surface area contributed by atoms with E-state index >= 15 is 0 Å². The van der Waals surface area contributed by atoms with Gasteiger partial charge in [0.25, 0.3) is 0 Å². The standard InChI is InChI=1S/C12H13ClF3NO2/c1-7-3-4-8(5-9(7)13)17-10(18)6-11(2,19)12(14,15)16/h3-5,19H,6H2,1-2H3,(H,17,18)/t11-/m1/s1. The molecule has 0 fully saturated rings. The Morgan fingerprint density at radius 3 is 2.47 bits per heavy atom. The molecule has 7 heteroatoms.